The first-order valence-corrected chi connectivity index (χ1v) is 6.97. The molecule has 19 heavy (non-hydrogen) atoms. The van der Waals surface area contributed by atoms with Crippen molar-refractivity contribution < 1.29 is 4.79 Å². The highest BCUT2D eigenvalue weighted by molar-refractivity contribution is 5.97. The highest BCUT2D eigenvalue weighted by Gasteiger charge is 2.21. The predicted molar refractivity (Wildman–Crippen MR) is 77.8 cm³/mol. The third-order valence-corrected chi connectivity index (χ3v) is 3.59. The number of hydrogen-bond donors (Lipinski definition) is 2. The SMILES string of the molecule is CCn1ncc(N)c1C(=O)NCC(C(C)C)C(C)C. The molecule has 1 aromatic rings. The van der Waals surface area contributed by atoms with Gasteiger partial charge in [-0.25, -0.2) is 0 Å². The van der Waals surface area contributed by atoms with Crippen LogP contribution in [0.4, 0.5) is 5.69 Å². The molecule has 0 spiro atoms. The van der Waals surface area contributed by atoms with E-state index in [1.807, 2.05) is 6.92 Å². The van der Waals surface area contributed by atoms with Crippen LogP contribution in [-0.2, 0) is 6.54 Å². The predicted octanol–water partition coefficient (Wildman–Crippen LogP) is 2.14. The van der Waals surface area contributed by atoms with Gasteiger partial charge in [0.2, 0.25) is 0 Å². The van der Waals surface area contributed by atoms with Gasteiger partial charge in [0.15, 0.2) is 0 Å². The molecule has 0 aliphatic rings. The molecule has 0 fully saturated rings. The van der Waals surface area contributed by atoms with Crippen LogP contribution in [0.5, 0.6) is 0 Å². The van der Waals surface area contributed by atoms with Crippen LogP contribution in [-0.4, -0.2) is 22.2 Å². The van der Waals surface area contributed by atoms with Crippen molar-refractivity contribution in [2.24, 2.45) is 17.8 Å². The Morgan fingerprint density at radius 3 is 2.42 bits per heavy atom. The van der Waals surface area contributed by atoms with Gasteiger partial charge < -0.3 is 11.1 Å². The molecule has 0 aromatic carbocycles. The summed E-state index contributed by atoms with van der Waals surface area (Å²) in [6.07, 6.45) is 1.53. The Balaban J connectivity index is 2.72. The highest BCUT2D eigenvalue weighted by Crippen LogP contribution is 2.20. The van der Waals surface area contributed by atoms with Crippen molar-refractivity contribution in [3.63, 3.8) is 0 Å². The molecule has 5 nitrogen and oxygen atoms in total. The molecule has 0 bridgehead atoms. The number of nitrogens with zero attached hydrogens (tertiary/aromatic N) is 2. The number of anilines is 1. The van der Waals surface area contributed by atoms with Gasteiger partial charge >= 0.3 is 0 Å². The summed E-state index contributed by atoms with van der Waals surface area (Å²) in [6, 6.07) is 0. The molecule has 0 unspecified atom stereocenters. The van der Waals surface area contributed by atoms with Gasteiger partial charge in [0.05, 0.1) is 11.9 Å². The largest absolute Gasteiger partial charge is 0.396 e. The van der Waals surface area contributed by atoms with Crippen molar-refractivity contribution in [1.29, 1.82) is 0 Å². The molecular formula is C14H26N4O. The molecule has 5 heteroatoms. The van der Waals surface area contributed by atoms with Crippen LogP contribution in [0.3, 0.4) is 0 Å². The van der Waals surface area contributed by atoms with E-state index < -0.39 is 0 Å². The second kappa shape index (κ2) is 6.59. The molecule has 0 saturated carbocycles. The summed E-state index contributed by atoms with van der Waals surface area (Å²) < 4.78 is 1.63. The van der Waals surface area contributed by atoms with Gasteiger partial charge in [0, 0.05) is 13.1 Å². The van der Waals surface area contributed by atoms with Gasteiger partial charge in [-0.15, -0.1) is 0 Å². The Hall–Kier alpha value is -1.52. The zero-order valence-electron chi connectivity index (χ0n) is 12.6. The number of nitrogens with one attached hydrogen (secondary N) is 1. The first-order valence-electron chi connectivity index (χ1n) is 6.97. The Bertz CT molecular complexity index is 415. The van der Waals surface area contributed by atoms with Crippen molar-refractivity contribution in [3.05, 3.63) is 11.9 Å². The Labute approximate surface area is 115 Å². The van der Waals surface area contributed by atoms with Crippen molar-refractivity contribution in [2.45, 2.75) is 41.2 Å². The average molecular weight is 266 g/mol. The number of aryl methyl sites for hydroxylation is 1. The minimum absolute atomic E-state index is 0.136. The number of nitrogens with two attached hydrogens (primary N) is 1. The quantitative estimate of drug-likeness (QED) is 0.828. The summed E-state index contributed by atoms with van der Waals surface area (Å²) in [5.74, 6) is 1.40. The Kier molecular flexibility index (Phi) is 5.39. The lowest BCUT2D eigenvalue weighted by Crippen LogP contribution is -2.35. The number of hydrogen-bond acceptors (Lipinski definition) is 3. The number of rotatable bonds is 6. The first-order chi connectivity index (χ1) is 8.88. The van der Waals surface area contributed by atoms with Gasteiger partial charge in [-0.05, 0) is 24.7 Å². The van der Waals surface area contributed by atoms with Crippen LogP contribution in [0.25, 0.3) is 0 Å². The van der Waals surface area contributed by atoms with E-state index in [1.54, 1.807) is 4.68 Å². The summed E-state index contributed by atoms with van der Waals surface area (Å²) in [6.45, 7) is 12.0. The van der Waals surface area contributed by atoms with Gasteiger partial charge in [0.1, 0.15) is 5.69 Å². The minimum Gasteiger partial charge on any atom is -0.396 e. The molecule has 0 saturated heterocycles. The van der Waals surface area contributed by atoms with Crippen LogP contribution >= 0.6 is 0 Å². The minimum atomic E-state index is -0.136. The third-order valence-electron chi connectivity index (χ3n) is 3.59. The lowest BCUT2D eigenvalue weighted by molar-refractivity contribution is 0.0927. The molecule has 1 heterocycles. The van der Waals surface area contributed by atoms with E-state index in [4.69, 9.17) is 5.73 Å². The molecule has 1 amide bonds. The summed E-state index contributed by atoms with van der Waals surface area (Å²) in [4.78, 5) is 12.2. The van der Waals surface area contributed by atoms with E-state index in [-0.39, 0.29) is 5.91 Å². The fourth-order valence-corrected chi connectivity index (χ4v) is 2.42. The number of amides is 1. The molecule has 0 atom stereocenters. The monoisotopic (exact) mass is 266 g/mol. The normalized spacial score (nSPS) is 11.6. The van der Waals surface area contributed by atoms with E-state index in [2.05, 4.69) is 38.1 Å². The lowest BCUT2D eigenvalue weighted by Gasteiger charge is -2.25. The van der Waals surface area contributed by atoms with Gasteiger partial charge in [-0.1, -0.05) is 27.7 Å². The maximum absolute atomic E-state index is 12.2. The zero-order valence-corrected chi connectivity index (χ0v) is 12.6. The van der Waals surface area contributed by atoms with Gasteiger partial charge in [0.25, 0.3) is 5.91 Å². The van der Waals surface area contributed by atoms with Crippen LogP contribution in [0.1, 0.15) is 45.1 Å². The molecule has 0 aliphatic heterocycles. The summed E-state index contributed by atoms with van der Waals surface area (Å²) in [7, 11) is 0. The topological polar surface area (TPSA) is 72.9 Å². The fourth-order valence-electron chi connectivity index (χ4n) is 2.42. The smallest absolute Gasteiger partial charge is 0.271 e. The van der Waals surface area contributed by atoms with Crippen LogP contribution < -0.4 is 11.1 Å². The number of aromatic nitrogens is 2. The van der Waals surface area contributed by atoms with E-state index in [0.717, 1.165) is 0 Å². The molecule has 108 valence electrons. The first kappa shape index (κ1) is 15.5. The second-order valence-corrected chi connectivity index (χ2v) is 5.63. The standard InChI is InChI=1S/C14H26N4O/c1-6-18-13(12(15)8-17-18)14(19)16-7-11(9(2)3)10(4)5/h8-11H,6-7,15H2,1-5H3,(H,16,19). The van der Waals surface area contributed by atoms with E-state index >= 15 is 0 Å². The molecular weight excluding hydrogens is 240 g/mol. The van der Waals surface area contributed by atoms with Crippen molar-refractivity contribution in [1.82, 2.24) is 15.1 Å². The van der Waals surface area contributed by atoms with Crippen LogP contribution in [0, 0.1) is 17.8 Å². The maximum Gasteiger partial charge on any atom is 0.271 e. The fraction of sp³-hybridized carbons (Fsp3) is 0.714. The summed E-state index contributed by atoms with van der Waals surface area (Å²) in [5.41, 5.74) is 6.70. The average Bonchev–Trinajstić information content (AvgIpc) is 2.69. The lowest BCUT2D eigenvalue weighted by atomic mass is 9.85. The summed E-state index contributed by atoms with van der Waals surface area (Å²) in [5, 5.41) is 7.07. The second-order valence-electron chi connectivity index (χ2n) is 5.63. The van der Waals surface area contributed by atoms with E-state index in [0.29, 0.717) is 42.2 Å². The zero-order chi connectivity index (χ0) is 14.6. The van der Waals surface area contributed by atoms with Gasteiger partial charge in [-0.2, -0.15) is 5.10 Å². The van der Waals surface area contributed by atoms with E-state index in [9.17, 15) is 4.79 Å². The molecule has 0 aliphatic carbocycles. The number of carbonyl (C=O) groups excluding carboxylic acids is 1. The van der Waals surface area contributed by atoms with Gasteiger partial charge in [-0.3, -0.25) is 9.48 Å². The summed E-state index contributed by atoms with van der Waals surface area (Å²) >= 11 is 0. The van der Waals surface area contributed by atoms with Crippen LogP contribution in [0.2, 0.25) is 0 Å². The van der Waals surface area contributed by atoms with Crippen molar-refractivity contribution >= 4 is 11.6 Å². The Morgan fingerprint density at radius 2 is 1.95 bits per heavy atom. The molecule has 3 N–H and O–H groups in total. The molecule has 0 radical (unpaired) electrons. The molecule has 1 aromatic heterocycles. The van der Waals surface area contributed by atoms with Crippen molar-refractivity contribution in [2.75, 3.05) is 12.3 Å². The number of carbonyl (C=O) groups is 1. The van der Waals surface area contributed by atoms with Crippen molar-refractivity contribution in [3.8, 4) is 0 Å². The van der Waals surface area contributed by atoms with E-state index in [1.165, 1.54) is 6.20 Å². The highest BCUT2D eigenvalue weighted by atomic mass is 16.2. The Morgan fingerprint density at radius 1 is 1.37 bits per heavy atom. The third kappa shape index (κ3) is 3.72. The van der Waals surface area contributed by atoms with Crippen LogP contribution in [0.15, 0.2) is 6.20 Å². The number of nitrogen functional groups attached to an aromatic ring is 1. The molecule has 1 rings (SSSR count). The maximum atomic E-state index is 12.2.